The molecule has 0 radical (unpaired) electrons. The monoisotopic (exact) mass is 411 g/mol. The van der Waals surface area contributed by atoms with Crippen LogP contribution in [0.15, 0.2) is 23.6 Å². The molecule has 1 saturated heterocycles. The largest absolute Gasteiger partial charge is 0.455 e. The van der Waals surface area contributed by atoms with Crippen molar-refractivity contribution in [2.24, 2.45) is 0 Å². The lowest BCUT2D eigenvalue weighted by Gasteiger charge is -2.10. The summed E-state index contributed by atoms with van der Waals surface area (Å²) in [7, 11) is 0. The van der Waals surface area contributed by atoms with Gasteiger partial charge < -0.3 is 10.1 Å². The summed E-state index contributed by atoms with van der Waals surface area (Å²) in [6.45, 7) is 0.138. The Bertz CT molecular complexity index is 889. The standard InChI is InChI=1S/C17H15ClFN3O4S/c18-12-6-10(3-4-13(12)19)20-14(23)8-26-16(25)7-11-9-27-17(21-11)22-5-1-2-15(22)24/h3-4,6,9H,1-2,5,7-8H2,(H,20,23). The van der Waals surface area contributed by atoms with Gasteiger partial charge in [-0.1, -0.05) is 11.6 Å². The molecule has 1 aliphatic heterocycles. The van der Waals surface area contributed by atoms with Crippen LogP contribution < -0.4 is 10.2 Å². The second-order valence-electron chi connectivity index (χ2n) is 5.78. The summed E-state index contributed by atoms with van der Waals surface area (Å²) in [5, 5.41) is 4.57. The number of anilines is 2. The predicted octanol–water partition coefficient (Wildman–Crippen LogP) is 2.79. The summed E-state index contributed by atoms with van der Waals surface area (Å²) in [5.41, 5.74) is 0.771. The smallest absolute Gasteiger partial charge is 0.312 e. The number of carbonyl (C=O) groups is 3. The minimum atomic E-state index is -0.619. The molecule has 2 amide bonds. The third kappa shape index (κ3) is 5.01. The molecule has 7 nitrogen and oxygen atoms in total. The first kappa shape index (κ1) is 19.2. The molecular formula is C17H15ClFN3O4S. The molecule has 10 heteroatoms. The molecule has 0 bridgehead atoms. The average molecular weight is 412 g/mol. The van der Waals surface area contributed by atoms with Gasteiger partial charge in [0.1, 0.15) is 5.82 Å². The van der Waals surface area contributed by atoms with Crippen LogP contribution in [0.5, 0.6) is 0 Å². The highest BCUT2D eigenvalue weighted by Gasteiger charge is 2.24. The van der Waals surface area contributed by atoms with Crippen LogP contribution >= 0.6 is 22.9 Å². The fourth-order valence-corrected chi connectivity index (χ4v) is 3.52. The van der Waals surface area contributed by atoms with E-state index in [2.05, 4.69) is 10.3 Å². The van der Waals surface area contributed by atoms with Crippen LogP contribution in [0.4, 0.5) is 15.2 Å². The normalized spacial score (nSPS) is 13.7. The van der Waals surface area contributed by atoms with E-state index in [1.807, 2.05) is 0 Å². The number of hydrogen-bond acceptors (Lipinski definition) is 6. The number of nitrogens with zero attached hydrogens (tertiary/aromatic N) is 2. The number of rotatable bonds is 6. The SMILES string of the molecule is O=C(COC(=O)Cc1csc(N2CCCC2=O)n1)Nc1ccc(F)c(Cl)c1. The highest BCUT2D eigenvalue weighted by molar-refractivity contribution is 7.14. The van der Waals surface area contributed by atoms with E-state index in [9.17, 15) is 18.8 Å². The van der Waals surface area contributed by atoms with Gasteiger partial charge in [-0.25, -0.2) is 9.37 Å². The van der Waals surface area contributed by atoms with Crippen molar-refractivity contribution in [2.75, 3.05) is 23.4 Å². The Morgan fingerprint density at radius 1 is 1.41 bits per heavy atom. The zero-order valence-corrected chi connectivity index (χ0v) is 15.6. The Kier molecular flexibility index (Phi) is 6.02. The number of benzene rings is 1. The summed E-state index contributed by atoms with van der Waals surface area (Å²) in [6.07, 6.45) is 1.20. The Balaban J connectivity index is 1.46. The number of esters is 1. The molecule has 3 rings (SSSR count). The lowest BCUT2D eigenvalue weighted by molar-refractivity contribution is -0.146. The number of amides is 2. The number of aromatic nitrogens is 1. The van der Waals surface area contributed by atoms with Crippen LogP contribution in [-0.4, -0.2) is 35.9 Å². The summed E-state index contributed by atoms with van der Waals surface area (Å²) < 4.78 is 18.0. The second kappa shape index (κ2) is 8.45. The predicted molar refractivity (Wildman–Crippen MR) is 98.4 cm³/mol. The molecule has 1 N–H and O–H groups in total. The van der Waals surface area contributed by atoms with Gasteiger partial charge in [-0.2, -0.15) is 0 Å². The lowest BCUT2D eigenvalue weighted by Crippen LogP contribution is -2.23. The van der Waals surface area contributed by atoms with E-state index in [4.69, 9.17) is 16.3 Å². The van der Waals surface area contributed by atoms with Crippen LogP contribution in [0.3, 0.4) is 0 Å². The Morgan fingerprint density at radius 3 is 2.93 bits per heavy atom. The number of hydrogen-bond donors (Lipinski definition) is 1. The first-order valence-electron chi connectivity index (χ1n) is 8.07. The molecule has 2 heterocycles. The maximum atomic E-state index is 13.1. The molecule has 142 valence electrons. The summed E-state index contributed by atoms with van der Waals surface area (Å²) >= 11 is 6.92. The first-order chi connectivity index (χ1) is 12.9. The van der Waals surface area contributed by atoms with E-state index < -0.39 is 24.3 Å². The van der Waals surface area contributed by atoms with Crippen LogP contribution in [0.25, 0.3) is 0 Å². The highest BCUT2D eigenvalue weighted by atomic mass is 35.5. The van der Waals surface area contributed by atoms with Crippen molar-refractivity contribution in [3.8, 4) is 0 Å². The number of carbonyl (C=O) groups excluding carboxylic acids is 3. The molecule has 1 fully saturated rings. The zero-order valence-electron chi connectivity index (χ0n) is 14.0. The van der Waals surface area contributed by atoms with Gasteiger partial charge in [0.25, 0.3) is 5.91 Å². The van der Waals surface area contributed by atoms with Gasteiger partial charge in [0.15, 0.2) is 11.7 Å². The maximum absolute atomic E-state index is 13.1. The zero-order chi connectivity index (χ0) is 19.4. The fraction of sp³-hybridized carbons (Fsp3) is 0.294. The molecule has 0 unspecified atom stereocenters. The van der Waals surface area contributed by atoms with Crippen LogP contribution in [0.1, 0.15) is 18.5 Å². The van der Waals surface area contributed by atoms with Gasteiger partial charge in [0.2, 0.25) is 5.91 Å². The van der Waals surface area contributed by atoms with Crippen molar-refractivity contribution >= 4 is 51.5 Å². The Morgan fingerprint density at radius 2 is 2.22 bits per heavy atom. The van der Waals surface area contributed by atoms with Gasteiger partial charge in [-0.15, -0.1) is 11.3 Å². The third-order valence-electron chi connectivity index (χ3n) is 3.74. The number of thiazole rings is 1. The Hall–Kier alpha value is -2.52. The summed E-state index contributed by atoms with van der Waals surface area (Å²) in [6, 6.07) is 3.72. The molecular weight excluding hydrogens is 397 g/mol. The van der Waals surface area contributed by atoms with Crippen molar-refractivity contribution in [3.63, 3.8) is 0 Å². The van der Waals surface area contributed by atoms with Crippen LogP contribution in [-0.2, 0) is 25.5 Å². The number of ether oxygens (including phenoxy) is 1. The van der Waals surface area contributed by atoms with Crippen molar-refractivity contribution in [2.45, 2.75) is 19.3 Å². The van der Waals surface area contributed by atoms with E-state index >= 15 is 0 Å². The van der Waals surface area contributed by atoms with E-state index in [1.165, 1.54) is 23.5 Å². The van der Waals surface area contributed by atoms with Crippen LogP contribution in [0.2, 0.25) is 5.02 Å². The van der Waals surface area contributed by atoms with Gasteiger partial charge in [-0.05, 0) is 24.6 Å². The van der Waals surface area contributed by atoms with E-state index in [-0.39, 0.29) is 17.4 Å². The Labute approximate surface area is 163 Å². The number of nitrogens with one attached hydrogen (secondary N) is 1. The minimum Gasteiger partial charge on any atom is -0.455 e. The molecule has 1 aromatic carbocycles. The second-order valence-corrected chi connectivity index (χ2v) is 7.03. The number of halogens is 2. The van der Waals surface area contributed by atoms with E-state index in [0.717, 1.165) is 12.5 Å². The van der Waals surface area contributed by atoms with E-state index in [1.54, 1.807) is 10.3 Å². The van der Waals surface area contributed by atoms with Gasteiger partial charge in [0, 0.05) is 24.0 Å². The average Bonchev–Trinajstić information content (AvgIpc) is 3.25. The summed E-state index contributed by atoms with van der Waals surface area (Å²) in [4.78, 5) is 41.2. The van der Waals surface area contributed by atoms with Gasteiger partial charge in [-0.3, -0.25) is 19.3 Å². The topological polar surface area (TPSA) is 88.6 Å². The van der Waals surface area contributed by atoms with E-state index in [0.29, 0.717) is 29.5 Å². The first-order valence-corrected chi connectivity index (χ1v) is 9.33. The molecule has 2 aromatic rings. The molecule has 0 aliphatic carbocycles. The van der Waals surface area contributed by atoms with Gasteiger partial charge in [0.05, 0.1) is 17.1 Å². The quantitative estimate of drug-likeness (QED) is 0.738. The molecule has 27 heavy (non-hydrogen) atoms. The van der Waals surface area contributed by atoms with Gasteiger partial charge >= 0.3 is 5.97 Å². The molecule has 0 spiro atoms. The fourth-order valence-electron chi connectivity index (χ4n) is 2.47. The highest BCUT2D eigenvalue weighted by Crippen LogP contribution is 2.25. The molecule has 0 saturated carbocycles. The molecule has 1 aliphatic rings. The van der Waals surface area contributed by atoms with Crippen molar-refractivity contribution < 1.29 is 23.5 Å². The third-order valence-corrected chi connectivity index (χ3v) is 4.94. The molecule has 1 aromatic heterocycles. The van der Waals surface area contributed by atoms with Crippen molar-refractivity contribution in [1.29, 1.82) is 0 Å². The van der Waals surface area contributed by atoms with Crippen molar-refractivity contribution in [3.05, 3.63) is 40.1 Å². The maximum Gasteiger partial charge on any atom is 0.312 e. The summed E-state index contributed by atoms with van der Waals surface area (Å²) in [5.74, 6) is -1.77. The minimum absolute atomic E-state index is 0.0241. The van der Waals surface area contributed by atoms with Crippen LogP contribution in [0, 0.1) is 5.82 Å². The lowest BCUT2D eigenvalue weighted by atomic mass is 10.3. The van der Waals surface area contributed by atoms with Crippen molar-refractivity contribution in [1.82, 2.24) is 4.98 Å². The molecule has 0 atom stereocenters.